The van der Waals surface area contributed by atoms with Crippen molar-refractivity contribution in [2.75, 3.05) is 26.0 Å². The second-order valence-corrected chi connectivity index (χ2v) is 6.39. The summed E-state index contributed by atoms with van der Waals surface area (Å²) in [6, 6.07) is 5.52. The Labute approximate surface area is 139 Å². The van der Waals surface area contributed by atoms with Crippen molar-refractivity contribution in [3.8, 4) is 0 Å². The minimum Gasteiger partial charge on any atom is -0.455 e. The van der Waals surface area contributed by atoms with E-state index in [2.05, 4.69) is 5.10 Å². The number of hydrogen-bond acceptors (Lipinski definition) is 5. The van der Waals surface area contributed by atoms with Crippen molar-refractivity contribution in [2.45, 2.75) is 24.8 Å². The van der Waals surface area contributed by atoms with Gasteiger partial charge < -0.3 is 14.1 Å². The fourth-order valence-electron chi connectivity index (χ4n) is 2.68. The van der Waals surface area contributed by atoms with E-state index in [1.807, 2.05) is 34.2 Å². The van der Waals surface area contributed by atoms with E-state index in [0.29, 0.717) is 32.0 Å². The van der Waals surface area contributed by atoms with Gasteiger partial charge in [0.2, 0.25) is 0 Å². The molecular weight excluding hydrogens is 314 g/mol. The van der Waals surface area contributed by atoms with Gasteiger partial charge in [0.25, 0.3) is 5.91 Å². The summed E-state index contributed by atoms with van der Waals surface area (Å²) in [5.41, 5.74) is 0. The Morgan fingerprint density at radius 3 is 3.17 bits per heavy atom. The van der Waals surface area contributed by atoms with Gasteiger partial charge in [-0.05, 0) is 30.9 Å². The summed E-state index contributed by atoms with van der Waals surface area (Å²) in [4.78, 5) is 14.5. The van der Waals surface area contributed by atoms with Crippen molar-refractivity contribution in [1.82, 2.24) is 14.7 Å². The van der Waals surface area contributed by atoms with E-state index >= 15 is 0 Å². The van der Waals surface area contributed by atoms with E-state index in [9.17, 15) is 4.79 Å². The van der Waals surface area contributed by atoms with Crippen LogP contribution in [0.4, 0.5) is 0 Å². The van der Waals surface area contributed by atoms with Gasteiger partial charge >= 0.3 is 0 Å². The number of nitrogens with zero attached hydrogens (tertiary/aromatic N) is 3. The van der Waals surface area contributed by atoms with Crippen LogP contribution in [0.15, 0.2) is 35.0 Å². The molecule has 1 saturated heterocycles. The molecule has 1 aliphatic heterocycles. The summed E-state index contributed by atoms with van der Waals surface area (Å²) < 4.78 is 13.3. The lowest BCUT2D eigenvalue weighted by Crippen LogP contribution is -2.38. The normalized spacial score (nSPS) is 18.8. The molecule has 0 spiro atoms. The number of carbonyl (C=O) groups is 1. The average Bonchev–Trinajstić information content (AvgIpc) is 3.16. The molecule has 1 fully saturated rings. The first kappa shape index (κ1) is 16.1. The molecule has 0 unspecified atom stereocenters. The SMILES string of the molecule is CSCc1ccc(C(=O)N2CCCO[C@@H](Cn3cccn3)C2)o1. The topological polar surface area (TPSA) is 60.5 Å². The van der Waals surface area contributed by atoms with Crippen LogP contribution in [0.1, 0.15) is 22.7 Å². The van der Waals surface area contributed by atoms with Crippen molar-refractivity contribution in [3.05, 3.63) is 42.1 Å². The molecule has 23 heavy (non-hydrogen) atoms. The van der Waals surface area contributed by atoms with E-state index in [0.717, 1.165) is 17.9 Å². The molecular formula is C16H21N3O3S. The van der Waals surface area contributed by atoms with Crippen LogP contribution in [-0.4, -0.2) is 52.6 Å². The fraction of sp³-hybridized carbons (Fsp3) is 0.500. The molecule has 0 radical (unpaired) electrons. The minimum atomic E-state index is -0.0617. The summed E-state index contributed by atoms with van der Waals surface area (Å²) in [6.45, 7) is 2.54. The quantitative estimate of drug-likeness (QED) is 0.839. The number of ether oxygens (including phenoxy) is 1. The van der Waals surface area contributed by atoms with Crippen LogP contribution in [0.3, 0.4) is 0 Å². The highest BCUT2D eigenvalue weighted by Gasteiger charge is 2.25. The zero-order valence-electron chi connectivity index (χ0n) is 13.2. The van der Waals surface area contributed by atoms with Crippen LogP contribution in [0.5, 0.6) is 0 Å². The van der Waals surface area contributed by atoms with Crippen LogP contribution in [0.2, 0.25) is 0 Å². The van der Waals surface area contributed by atoms with Crippen molar-refractivity contribution in [3.63, 3.8) is 0 Å². The van der Waals surface area contributed by atoms with Crippen molar-refractivity contribution in [1.29, 1.82) is 0 Å². The highest BCUT2D eigenvalue weighted by Crippen LogP contribution is 2.17. The van der Waals surface area contributed by atoms with Crippen LogP contribution < -0.4 is 0 Å². The zero-order chi connectivity index (χ0) is 16.1. The lowest BCUT2D eigenvalue weighted by atomic mass is 10.3. The number of furan rings is 1. The first-order valence-electron chi connectivity index (χ1n) is 7.72. The number of amides is 1. The maximum atomic E-state index is 12.7. The Balaban J connectivity index is 1.65. The van der Waals surface area contributed by atoms with Crippen molar-refractivity contribution in [2.24, 2.45) is 0 Å². The minimum absolute atomic E-state index is 0.0537. The van der Waals surface area contributed by atoms with Crippen LogP contribution in [0, 0.1) is 0 Å². The largest absolute Gasteiger partial charge is 0.455 e. The van der Waals surface area contributed by atoms with Crippen LogP contribution >= 0.6 is 11.8 Å². The molecule has 124 valence electrons. The summed E-state index contributed by atoms with van der Waals surface area (Å²) in [5, 5.41) is 4.21. The Morgan fingerprint density at radius 1 is 1.48 bits per heavy atom. The average molecular weight is 335 g/mol. The Kier molecular flexibility index (Phi) is 5.40. The molecule has 3 rings (SSSR count). The first-order chi connectivity index (χ1) is 11.3. The monoisotopic (exact) mass is 335 g/mol. The van der Waals surface area contributed by atoms with Crippen LogP contribution in [0.25, 0.3) is 0 Å². The Hall–Kier alpha value is -1.73. The predicted molar refractivity (Wildman–Crippen MR) is 88.4 cm³/mol. The molecule has 1 aliphatic rings. The van der Waals surface area contributed by atoms with Gasteiger partial charge in [-0.2, -0.15) is 16.9 Å². The van der Waals surface area contributed by atoms with E-state index in [1.54, 1.807) is 24.0 Å². The van der Waals surface area contributed by atoms with Gasteiger partial charge in [0.15, 0.2) is 5.76 Å². The van der Waals surface area contributed by atoms with Crippen LogP contribution in [-0.2, 0) is 17.0 Å². The molecule has 0 N–H and O–H groups in total. The third kappa shape index (κ3) is 4.17. The van der Waals surface area contributed by atoms with Gasteiger partial charge in [-0.25, -0.2) is 0 Å². The lowest BCUT2D eigenvalue weighted by Gasteiger charge is -2.23. The second-order valence-electron chi connectivity index (χ2n) is 5.52. The number of thioether (sulfide) groups is 1. The van der Waals surface area contributed by atoms with E-state index in [-0.39, 0.29) is 12.0 Å². The third-order valence-electron chi connectivity index (χ3n) is 3.75. The highest BCUT2D eigenvalue weighted by atomic mass is 32.2. The van der Waals surface area contributed by atoms with Gasteiger partial charge in [-0.3, -0.25) is 9.48 Å². The molecule has 2 aromatic heterocycles. The number of hydrogen-bond donors (Lipinski definition) is 0. The lowest BCUT2D eigenvalue weighted by molar-refractivity contribution is 0.0358. The molecule has 1 amide bonds. The maximum absolute atomic E-state index is 12.7. The Bertz CT molecular complexity index is 626. The summed E-state index contributed by atoms with van der Waals surface area (Å²) in [5.74, 6) is 1.96. The smallest absolute Gasteiger partial charge is 0.289 e. The molecule has 0 aromatic carbocycles. The van der Waals surface area contributed by atoms with Gasteiger partial charge in [0.05, 0.1) is 18.4 Å². The van der Waals surface area contributed by atoms with Crippen molar-refractivity contribution >= 4 is 17.7 Å². The van der Waals surface area contributed by atoms with E-state index in [1.165, 1.54) is 0 Å². The molecule has 0 bridgehead atoms. The van der Waals surface area contributed by atoms with Gasteiger partial charge in [-0.1, -0.05) is 0 Å². The summed E-state index contributed by atoms with van der Waals surface area (Å²) in [6.07, 6.45) is 6.44. The fourth-order valence-corrected chi connectivity index (χ4v) is 3.12. The molecule has 0 saturated carbocycles. The number of carbonyl (C=O) groups excluding carboxylic acids is 1. The van der Waals surface area contributed by atoms with Gasteiger partial charge in [0.1, 0.15) is 5.76 Å². The summed E-state index contributed by atoms with van der Waals surface area (Å²) in [7, 11) is 0. The highest BCUT2D eigenvalue weighted by molar-refractivity contribution is 7.97. The Morgan fingerprint density at radius 2 is 2.39 bits per heavy atom. The second kappa shape index (κ2) is 7.70. The van der Waals surface area contributed by atoms with E-state index < -0.39 is 0 Å². The first-order valence-corrected chi connectivity index (χ1v) is 9.11. The van der Waals surface area contributed by atoms with Crippen molar-refractivity contribution < 1.29 is 13.9 Å². The number of rotatable bonds is 5. The molecule has 2 aromatic rings. The maximum Gasteiger partial charge on any atom is 0.289 e. The zero-order valence-corrected chi connectivity index (χ0v) is 14.0. The standard InChI is InChI=1S/C16H21N3O3S/c1-23-12-13-4-5-15(22-13)16(20)18-7-3-9-21-14(10-18)11-19-8-2-6-17-19/h2,4-6,8,14H,3,7,9-12H2,1H3/t14-/m1/s1. The molecule has 3 heterocycles. The number of aromatic nitrogens is 2. The van der Waals surface area contributed by atoms with E-state index in [4.69, 9.17) is 9.15 Å². The van der Waals surface area contributed by atoms with Gasteiger partial charge in [-0.15, -0.1) is 0 Å². The predicted octanol–water partition coefficient (Wildman–Crippen LogP) is 2.27. The molecule has 6 nitrogen and oxygen atoms in total. The molecule has 1 atom stereocenters. The molecule has 7 heteroatoms. The third-order valence-corrected chi connectivity index (χ3v) is 4.32. The summed E-state index contributed by atoms with van der Waals surface area (Å²) >= 11 is 1.67. The van der Waals surface area contributed by atoms with Gasteiger partial charge in [0, 0.05) is 32.1 Å². The molecule has 0 aliphatic carbocycles.